The van der Waals surface area contributed by atoms with E-state index >= 15 is 0 Å². The van der Waals surface area contributed by atoms with Gasteiger partial charge in [-0.15, -0.1) is 0 Å². The minimum atomic E-state index is -0.142. The van der Waals surface area contributed by atoms with Crippen molar-refractivity contribution in [3.05, 3.63) is 23.4 Å². The molecule has 2 unspecified atom stereocenters. The zero-order chi connectivity index (χ0) is 12.7. The largest absolute Gasteiger partial charge is 0.393 e. The zero-order valence-corrected chi connectivity index (χ0v) is 10.7. The van der Waals surface area contributed by atoms with E-state index in [1.807, 2.05) is 19.1 Å². The topological polar surface area (TPSA) is 56.6 Å². The molecule has 0 saturated carbocycles. The monoisotopic (exact) mass is 248 g/mol. The molecule has 98 valence electrons. The van der Waals surface area contributed by atoms with Crippen LogP contribution in [0.4, 0.5) is 5.82 Å². The number of fused-ring (bicyclic) bond motifs is 2. The number of rotatable bonds is 2. The van der Waals surface area contributed by atoms with Crippen LogP contribution in [0.15, 0.2) is 12.1 Å². The van der Waals surface area contributed by atoms with Crippen LogP contribution < -0.4 is 4.90 Å². The van der Waals surface area contributed by atoms with E-state index in [9.17, 15) is 10.2 Å². The van der Waals surface area contributed by atoms with Crippen molar-refractivity contribution < 1.29 is 10.2 Å². The van der Waals surface area contributed by atoms with E-state index in [-0.39, 0.29) is 12.7 Å². The fourth-order valence-corrected chi connectivity index (χ4v) is 3.41. The summed E-state index contributed by atoms with van der Waals surface area (Å²) in [6.07, 6.45) is 3.89. The van der Waals surface area contributed by atoms with Gasteiger partial charge in [-0.2, -0.15) is 0 Å². The number of pyridine rings is 1. The van der Waals surface area contributed by atoms with E-state index in [0.29, 0.717) is 12.1 Å². The molecule has 2 aliphatic heterocycles. The van der Waals surface area contributed by atoms with Crippen molar-refractivity contribution in [2.24, 2.45) is 0 Å². The molecule has 4 heteroatoms. The Hall–Kier alpha value is -1.13. The highest BCUT2D eigenvalue weighted by Gasteiger charge is 2.40. The molecular formula is C14H20N2O2. The van der Waals surface area contributed by atoms with Crippen LogP contribution in [0.3, 0.4) is 0 Å². The van der Waals surface area contributed by atoms with Gasteiger partial charge in [0.15, 0.2) is 0 Å². The second-order valence-corrected chi connectivity index (χ2v) is 5.49. The van der Waals surface area contributed by atoms with Crippen molar-refractivity contribution in [2.75, 3.05) is 4.90 Å². The quantitative estimate of drug-likeness (QED) is 0.830. The summed E-state index contributed by atoms with van der Waals surface area (Å²) in [6, 6.07) is 4.83. The maximum absolute atomic E-state index is 9.81. The highest BCUT2D eigenvalue weighted by atomic mass is 16.3. The molecule has 18 heavy (non-hydrogen) atoms. The van der Waals surface area contributed by atoms with Crippen molar-refractivity contribution in [1.29, 1.82) is 0 Å². The SMILES string of the molecule is Cc1nc(N2C3CCC2CC(O)C3)ccc1CO. The summed E-state index contributed by atoms with van der Waals surface area (Å²) in [5.74, 6) is 1.00. The molecule has 2 atom stereocenters. The average molecular weight is 248 g/mol. The zero-order valence-electron chi connectivity index (χ0n) is 10.7. The predicted molar refractivity (Wildman–Crippen MR) is 69.4 cm³/mol. The summed E-state index contributed by atoms with van der Waals surface area (Å²) in [5.41, 5.74) is 1.80. The summed E-state index contributed by atoms with van der Waals surface area (Å²) in [7, 11) is 0. The van der Waals surface area contributed by atoms with Crippen LogP contribution in [0.2, 0.25) is 0 Å². The first kappa shape index (κ1) is 11.9. The lowest BCUT2D eigenvalue weighted by Crippen LogP contribution is -2.45. The number of hydrogen-bond acceptors (Lipinski definition) is 4. The van der Waals surface area contributed by atoms with E-state index in [1.165, 1.54) is 0 Å². The van der Waals surface area contributed by atoms with Gasteiger partial charge in [0.05, 0.1) is 12.7 Å². The number of aliphatic hydroxyl groups is 2. The van der Waals surface area contributed by atoms with E-state index in [4.69, 9.17) is 0 Å². The maximum Gasteiger partial charge on any atom is 0.129 e. The molecule has 3 heterocycles. The second kappa shape index (κ2) is 4.52. The normalized spacial score (nSPS) is 30.8. The number of aliphatic hydroxyl groups excluding tert-OH is 2. The van der Waals surface area contributed by atoms with Crippen molar-refractivity contribution in [3.63, 3.8) is 0 Å². The first-order valence-corrected chi connectivity index (χ1v) is 6.73. The minimum Gasteiger partial charge on any atom is -0.393 e. The van der Waals surface area contributed by atoms with Crippen LogP contribution in [0.1, 0.15) is 36.9 Å². The van der Waals surface area contributed by atoms with Gasteiger partial charge >= 0.3 is 0 Å². The molecule has 2 N–H and O–H groups in total. The van der Waals surface area contributed by atoms with Crippen molar-refractivity contribution in [1.82, 2.24) is 4.98 Å². The molecule has 0 aliphatic carbocycles. The summed E-state index contributed by atoms with van der Waals surface area (Å²) < 4.78 is 0. The van der Waals surface area contributed by atoms with Gasteiger partial charge in [0.2, 0.25) is 0 Å². The molecule has 2 fully saturated rings. The predicted octanol–water partition coefficient (Wildman–Crippen LogP) is 1.37. The van der Waals surface area contributed by atoms with Gasteiger partial charge in [-0.25, -0.2) is 4.98 Å². The molecule has 1 aromatic rings. The van der Waals surface area contributed by atoms with Gasteiger partial charge in [-0.3, -0.25) is 0 Å². The lowest BCUT2D eigenvalue weighted by Gasteiger charge is -2.38. The smallest absolute Gasteiger partial charge is 0.129 e. The number of piperidine rings is 1. The Kier molecular flexibility index (Phi) is 2.99. The maximum atomic E-state index is 9.81. The lowest BCUT2D eigenvalue weighted by atomic mass is 10.00. The molecule has 0 radical (unpaired) electrons. The third-order valence-corrected chi connectivity index (χ3v) is 4.32. The van der Waals surface area contributed by atoms with E-state index < -0.39 is 0 Å². The Balaban J connectivity index is 1.89. The number of nitrogens with zero attached hydrogens (tertiary/aromatic N) is 2. The Morgan fingerprint density at radius 3 is 2.50 bits per heavy atom. The Labute approximate surface area is 107 Å². The van der Waals surface area contributed by atoms with E-state index in [2.05, 4.69) is 9.88 Å². The highest BCUT2D eigenvalue weighted by Crippen LogP contribution is 2.38. The third kappa shape index (κ3) is 1.89. The average Bonchev–Trinajstić information content (AvgIpc) is 2.61. The molecule has 4 nitrogen and oxygen atoms in total. The summed E-state index contributed by atoms with van der Waals surface area (Å²) in [6.45, 7) is 1.99. The molecule has 0 aromatic carbocycles. The minimum absolute atomic E-state index is 0.0463. The van der Waals surface area contributed by atoms with Crippen LogP contribution >= 0.6 is 0 Å². The molecule has 2 aliphatic rings. The van der Waals surface area contributed by atoms with Gasteiger partial charge in [0.1, 0.15) is 5.82 Å². The number of aromatic nitrogens is 1. The van der Waals surface area contributed by atoms with Gasteiger partial charge in [0, 0.05) is 17.8 Å². The lowest BCUT2D eigenvalue weighted by molar-refractivity contribution is 0.126. The molecule has 2 bridgehead atoms. The third-order valence-electron chi connectivity index (χ3n) is 4.32. The van der Waals surface area contributed by atoms with Crippen molar-refractivity contribution in [3.8, 4) is 0 Å². The molecule has 0 spiro atoms. The van der Waals surface area contributed by atoms with Crippen molar-refractivity contribution >= 4 is 5.82 Å². The summed E-state index contributed by atoms with van der Waals surface area (Å²) in [4.78, 5) is 6.99. The molecular weight excluding hydrogens is 228 g/mol. The first-order valence-electron chi connectivity index (χ1n) is 6.73. The Bertz CT molecular complexity index is 435. The Morgan fingerprint density at radius 1 is 1.28 bits per heavy atom. The molecule has 1 aromatic heterocycles. The summed E-state index contributed by atoms with van der Waals surface area (Å²) >= 11 is 0. The fraction of sp³-hybridized carbons (Fsp3) is 0.643. The van der Waals surface area contributed by atoms with Crippen LogP contribution in [0.25, 0.3) is 0 Å². The number of hydrogen-bond donors (Lipinski definition) is 2. The first-order chi connectivity index (χ1) is 8.69. The van der Waals surface area contributed by atoms with Crippen molar-refractivity contribution in [2.45, 2.75) is 57.4 Å². The van der Waals surface area contributed by atoms with E-state index in [1.54, 1.807) is 0 Å². The van der Waals surface area contributed by atoms with Crippen LogP contribution in [-0.2, 0) is 6.61 Å². The van der Waals surface area contributed by atoms with Gasteiger partial charge in [0.25, 0.3) is 0 Å². The Morgan fingerprint density at radius 2 is 1.94 bits per heavy atom. The number of anilines is 1. The highest BCUT2D eigenvalue weighted by molar-refractivity contribution is 5.46. The van der Waals surface area contributed by atoms with Crippen LogP contribution in [-0.4, -0.2) is 33.4 Å². The standard InChI is InChI=1S/C14H20N2O2/c1-9-10(8-17)2-5-14(15-9)16-11-3-4-12(16)7-13(18)6-11/h2,5,11-13,17-18H,3-4,6-8H2,1H3. The fourth-order valence-electron chi connectivity index (χ4n) is 3.41. The van der Waals surface area contributed by atoms with Gasteiger partial charge in [-0.05, 0) is 44.2 Å². The molecule has 0 amide bonds. The van der Waals surface area contributed by atoms with Crippen LogP contribution in [0.5, 0.6) is 0 Å². The second-order valence-electron chi connectivity index (χ2n) is 5.49. The van der Waals surface area contributed by atoms with Gasteiger partial charge < -0.3 is 15.1 Å². The summed E-state index contributed by atoms with van der Waals surface area (Å²) in [5, 5.41) is 19.0. The van der Waals surface area contributed by atoms with Crippen LogP contribution in [0, 0.1) is 6.92 Å². The van der Waals surface area contributed by atoms with E-state index in [0.717, 1.165) is 42.8 Å². The van der Waals surface area contributed by atoms with Gasteiger partial charge in [-0.1, -0.05) is 6.07 Å². The molecule has 3 rings (SSSR count). The molecule has 2 saturated heterocycles. The number of aryl methyl sites for hydroxylation is 1.